The van der Waals surface area contributed by atoms with E-state index < -0.39 is 0 Å². The van der Waals surface area contributed by atoms with Gasteiger partial charge in [-0.2, -0.15) is 0 Å². The largest absolute Gasteiger partial charge is 0.356 e. The van der Waals surface area contributed by atoms with Crippen LogP contribution in [-0.2, 0) is 18.9 Å². The molecule has 0 aromatic carbocycles. The number of hydrogen-bond acceptors (Lipinski definition) is 5. The molecule has 0 aromatic heterocycles. The topological polar surface area (TPSA) is 49.0 Å². The molecule has 0 rings (SSSR count). The third-order valence-corrected chi connectivity index (χ3v) is 1.68. The van der Waals surface area contributed by atoms with Crippen molar-refractivity contribution < 1.29 is 18.9 Å². The first kappa shape index (κ1) is 14.8. The molecule has 0 aliphatic rings. The lowest BCUT2D eigenvalue weighted by Crippen LogP contribution is -2.38. The highest BCUT2D eigenvalue weighted by molar-refractivity contribution is 4.49. The number of rotatable bonds is 10. The summed E-state index contributed by atoms with van der Waals surface area (Å²) < 4.78 is 20.7. The van der Waals surface area contributed by atoms with Gasteiger partial charge in [0.05, 0.1) is 0 Å². The Morgan fingerprint density at radius 3 is 1.60 bits per heavy atom. The first-order valence-electron chi connectivity index (χ1n) is 5.35. The maximum atomic E-state index is 5.31. The Kier molecular flexibility index (Phi) is 10.2. The third kappa shape index (κ3) is 10.1. The van der Waals surface area contributed by atoms with Crippen LogP contribution >= 0.6 is 0 Å². The van der Waals surface area contributed by atoms with E-state index in [0.717, 1.165) is 0 Å². The summed E-state index contributed by atoms with van der Waals surface area (Å²) in [7, 11) is 0. The summed E-state index contributed by atoms with van der Waals surface area (Å²) in [4.78, 5) is 0. The third-order valence-electron chi connectivity index (χ3n) is 1.68. The van der Waals surface area contributed by atoms with Gasteiger partial charge in [-0.1, -0.05) is 0 Å². The fourth-order valence-corrected chi connectivity index (χ4v) is 0.894. The smallest absolute Gasteiger partial charge is 0.148 e. The van der Waals surface area contributed by atoms with Crippen LogP contribution in [0.15, 0.2) is 0 Å². The molecule has 0 aliphatic heterocycles. The second-order valence-corrected chi connectivity index (χ2v) is 3.01. The zero-order valence-electron chi connectivity index (χ0n) is 10.1. The van der Waals surface area contributed by atoms with E-state index in [1.165, 1.54) is 0 Å². The first-order valence-corrected chi connectivity index (χ1v) is 5.35. The molecule has 0 fully saturated rings. The van der Waals surface area contributed by atoms with E-state index >= 15 is 0 Å². The summed E-state index contributed by atoms with van der Waals surface area (Å²) in [6.45, 7) is 9.56. The summed E-state index contributed by atoms with van der Waals surface area (Å²) in [6.07, 6.45) is -0.207. The standard InChI is InChI=1S/C10H23NO4/c1-5-12-7-14-9(3)11-10(4)15-8-13-6-2/h9-11H,5-8H2,1-4H3. The van der Waals surface area contributed by atoms with E-state index in [2.05, 4.69) is 5.32 Å². The van der Waals surface area contributed by atoms with Crippen LogP contribution in [0.3, 0.4) is 0 Å². The second kappa shape index (κ2) is 10.3. The van der Waals surface area contributed by atoms with Gasteiger partial charge in [0.15, 0.2) is 0 Å². The van der Waals surface area contributed by atoms with Gasteiger partial charge in [-0.05, 0) is 27.7 Å². The molecular formula is C10H23NO4. The van der Waals surface area contributed by atoms with E-state index in [9.17, 15) is 0 Å². The lowest BCUT2D eigenvalue weighted by molar-refractivity contribution is -0.132. The highest BCUT2D eigenvalue weighted by Gasteiger charge is 2.06. The van der Waals surface area contributed by atoms with E-state index in [-0.39, 0.29) is 12.5 Å². The van der Waals surface area contributed by atoms with Crippen molar-refractivity contribution >= 4 is 0 Å². The normalized spacial score (nSPS) is 15.2. The maximum absolute atomic E-state index is 5.31. The van der Waals surface area contributed by atoms with Gasteiger partial charge in [-0.15, -0.1) is 0 Å². The Morgan fingerprint density at radius 1 is 0.867 bits per heavy atom. The van der Waals surface area contributed by atoms with Gasteiger partial charge in [0, 0.05) is 13.2 Å². The van der Waals surface area contributed by atoms with Gasteiger partial charge >= 0.3 is 0 Å². The highest BCUT2D eigenvalue weighted by Crippen LogP contribution is 1.93. The molecule has 5 nitrogen and oxygen atoms in total. The molecular weight excluding hydrogens is 198 g/mol. The predicted octanol–water partition coefficient (Wildman–Crippen LogP) is 1.29. The van der Waals surface area contributed by atoms with Crippen LogP contribution in [0, 0.1) is 0 Å². The van der Waals surface area contributed by atoms with Crippen molar-refractivity contribution in [3.8, 4) is 0 Å². The summed E-state index contributed by atoms with van der Waals surface area (Å²) in [6, 6.07) is 0. The number of nitrogens with one attached hydrogen (secondary N) is 1. The van der Waals surface area contributed by atoms with Crippen molar-refractivity contribution in [3.05, 3.63) is 0 Å². The second-order valence-electron chi connectivity index (χ2n) is 3.01. The molecule has 0 radical (unpaired) electrons. The monoisotopic (exact) mass is 221 g/mol. The maximum Gasteiger partial charge on any atom is 0.148 e. The van der Waals surface area contributed by atoms with Crippen molar-refractivity contribution in [1.82, 2.24) is 5.32 Å². The van der Waals surface area contributed by atoms with Crippen LogP contribution in [0.25, 0.3) is 0 Å². The molecule has 0 bridgehead atoms. The van der Waals surface area contributed by atoms with Crippen molar-refractivity contribution in [1.29, 1.82) is 0 Å². The van der Waals surface area contributed by atoms with Gasteiger partial charge < -0.3 is 18.9 Å². The molecule has 0 spiro atoms. The minimum Gasteiger partial charge on any atom is -0.356 e. The van der Waals surface area contributed by atoms with Crippen LogP contribution in [-0.4, -0.2) is 39.3 Å². The van der Waals surface area contributed by atoms with E-state index in [0.29, 0.717) is 26.8 Å². The molecule has 0 amide bonds. The summed E-state index contributed by atoms with van der Waals surface area (Å²) >= 11 is 0. The molecule has 2 unspecified atom stereocenters. The molecule has 5 heteroatoms. The SMILES string of the molecule is CCOCOC(C)NC(C)OCOCC. The Morgan fingerprint density at radius 2 is 1.27 bits per heavy atom. The fraction of sp³-hybridized carbons (Fsp3) is 1.00. The molecule has 0 saturated carbocycles. The van der Waals surface area contributed by atoms with Gasteiger partial charge in [0.25, 0.3) is 0 Å². The van der Waals surface area contributed by atoms with Gasteiger partial charge in [-0.3, -0.25) is 5.32 Å². The van der Waals surface area contributed by atoms with Crippen LogP contribution in [0.1, 0.15) is 27.7 Å². The van der Waals surface area contributed by atoms with Crippen molar-refractivity contribution in [3.63, 3.8) is 0 Å². The Balaban J connectivity index is 3.35. The predicted molar refractivity (Wildman–Crippen MR) is 57.2 cm³/mol. The van der Waals surface area contributed by atoms with Gasteiger partial charge in [-0.25, -0.2) is 0 Å². The first-order chi connectivity index (χ1) is 7.20. The Labute approximate surface area is 92.0 Å². The van der Waals surface area contributed by atoms with Crippen molar-refractivity contribution in [2.75, 3.05) is 26.8 Å². The molecule has 0 saturated heterocycles. The lowest BCUT2D eigenvalue weighted by Gasteiger charge is -2.20. The summed E-state index contributed by atoms with van der Waals surface area (Å²) in [5.74, 6) is 0. The lowest BCUT2D eigenvalue weighted by atomic mass is 10.5. The van der Waals surface area contributed by atoms with Gasteiger partial charge in [0.2, 0.25) is 0 Å². The molecule has 92 valence electrons. The van der Waals surface area contributed by atoms with Crippen LogP contribution in [0.5, 0.6) is 0 Å². The summed E-state index contributed by atoms with van der Waals surface area (Å²) in [5, 5.41) is 3.09. The molecule has 15 heavy (non-hydrogen) atoms. The van der Waals surface area contributed by atoms with E-state index in [1.54, 1.807) is 0 Å². The molecule has 2 atom stereocenters. The molecule has 0 aliphatic carbocycles. The van der Waals surface area contributed by atoms with E-state index in [4.69, 9.17) is 18.9 Å². The van der Waals surface area contributed by atoms with Crippen LogP contribution in [0.4, 0.5) is 0 Å². The minimum atomic E-state index is -0.104. The van der Waals surface area contributed by atoms with Gasteiger partial charge in [0.1, 0.15) is 26.0 Å². The van der Waals surface area contributed by atoms with Crippen molar-refractivity contribution in [2.24, 2.45) is 0 Å². The fourth-order valence-electron chi connectivity index (χ4n) is 0.894. The number of ether oxygens (including phenoxy) is 4. The average Bonchev–Trinajstić information content (AvgIpc) is 2.18. The molecule has 1 N–H and O–H groups in total. The zero-order chi connectivity index (χ0) is 11.5. The number of hydrogen-bond donors (Lipinski definition) is 1. The molecule has 0 heterocycles. The van der Waals surface area contributed by atoms with Crippen molar-refractivity contribution in [2.45, 2.75) is 40.2 Å². The quantitative estimate of drug-likeness (QED) is 0.445. The van der Waals surface area contributed by atoms with Crippen LogP contribution < -0.4 is 5.32 Å². The Hall–Kier alpha value is -0.200. The average molecular weight is 221 g/mol. The minimum absolute atomic E-state index is 0.104. The van der Waals surface area contributed by atoms with Crippen LogP contribution in [0.2, 0.25) is 0 Å². The zero-order valence-corrected chi connectivity index (χ0v) is 10.1. The molecule has 0 aromatic rings. The Bertz CT molecular complexity index is 121. The van der Waals surface area contributed by atoms with E-state index in [1.807, 2.05) is 27.7 Å². The highest BCUT2D eigenvalue weighted by atomic mass is 16.7. The summed E-state index contributed by atoms with van der Waals surface area (Å²) in [5.41, 5.74) is 0.